The standard InChI is InChI=1S/C11H15N5O2S/c1-18-3-2-16-6-9(5-13-16)14-10(17)4-8-7-19-11(12)15-8/h5-7H,2-4H2,1H3,(H2,12,15)(H,14,17). The van der Waals surface area contributed by atoms with E-state index >= 15 is 0 Å². The largest absolute Gasteiger partial charge is 0.383 e. The third-order valence-electron chi connectivity index (χ3n) is 2.35. The van der Waals surface area contributed by atoms with E-state index < -0.39 is 0 Å². The van der Waals surface area contributed by atoms with Crippen molar-refractivity contribution in [3.05, 3.63) is 23.5 Å². The molecule has 3 N–H and O–H groups in total. The maximum absolute atomic E-state index is 11.8. The topological polar surface area (TPSA) is 95.1 Å². The first-order chi connectivity index (χ1) is 9.17. The minimum absolute atomic E-state index is 0.142. The lowest BCUT2D eigenvalue weighted by atomic mass is 10.3. The molecule has 1 amide bonds. The highest BCUT2D eigenvalue weighted by Gasteiger charge is 2.08. The molecule has 0 aliphatic rings. The molecule has 7 nitrogen and oxygen atoms in total. The molecule has 0 aliphatic heterocycles. The molecule has 2 aromatic rings. The molecule has 0 aliphatic carbocycles. The van der Waals surface area contributed by atoms with Gasteiger partial charge in [-0.25, -0.2) is 4.98 Å². The molecule has 0 saturated heterocycles. The first-order valence-electron chi connectivity index (χ1n) is 5.68. The van der Waals surface area contributed by atoms with Gasteiger partial charge >= 0.3 is 0 Å². The number of anilines is 2. The second-order valence-electron chi connectivity index (χ2n) is 3.89. The van der Waals surface area contributed by atoms with Crippen molar-refractivity contribution < 1.29 is 9.53 Å². The van der Waals surface area contributed by atoms with Crippen LogP contribution in [0.1, 0.15) is 5.69 Å². The van der Waals surface area contributed by atoms with Crippen molar-refractivity contribution in [1.82, 2.24) is 14.8 Å². The molecule has 2 heterocycles. The van der Waals surface area contributed by atoms with Crippen molar-refractivity contribution in [1.29, 1.82) is 0 Å². The monoisotopic (exact) mass is 281 g/mol. The van der Waals surface area contributed by atoms with Gasteiger partial charge in [0.2, 0.25) is 5.91 Å². The third kappa shape index (κ3) is 4.04. The van der Waals surface area contributed by atoms with Crippen molar-refractivity contribution >= 4 is 28.1 Å². The quantitative estimate of drug-likeness (QED) is 0.814. The van der Waals surface area contributed by atoms with Gasteiger partial charge in [-0.05, 0) is 0 Å². The summed E-state index contributed by atoms with van der Waals surface area (Å²) in [7, 11) is 1.63. The number of hydrogen-bond donors (Lipinski definition) is 2. The summed E-state index contributed by atoms with van der Waals surface area (Å²) in [5.74, 6) is -0.142. The summed E-state index contributed by atoms with van der Waals surface area (Å²) < 4.78 is 6.66. The minimum Gasteiger partial charge on any atom is -0.383 e. The Bertz CT molecular complexity index is 551. The number of carbonyl (C=O) groups is 1. The molecule has 0 aromatic carbocycles. The van der Waals surface area contributed by atoms with E-state index in [9.17, 15) is 4.79 Å². The zero-order valence-corrected chi connectivity index (χ0v) is 11.3. The number of ether oxygens (including phenoxy) is 1. The van der Waals surface area contributed by atoms with Crippen LogP contribution >= 0.6 is 11.3 Å². The number of nitrogens with one attached hydrogen (secondary N) is 1. The molecule has 2 rings (SSSR count). The summed E-state index contributed by atoms with van der Waals surface area (Å²) in [4.78, 5) is 15.8. The predicted octanol–water partition coefficient (Wildman–Crippen LogP) is 0.749. The predicted molar refractivity (Wildman–Crippen MR) is 73.0 cm³/mol. The van der Waals surface area contributed by atoms with E-state index in [1.165, 1.54) is 11.3 Å². The van der Waals surface area contributed by atoms with Gasteiger partial charge in [0.25, 0.3) is 0 Å². The lowest BCUT2D eigenvalue weighted by molar-refractivity contribution is -0.115. The van der Waals surface area contributed by atoms with Crippen LogP contribution in [0.4, 0.5) is 10.8 Å². The van der Waals surface area contributed by atoms with Gasteiger partial charge in [-0.15, -0.1) is 11.3 Å². The van der Waals surface area contributed by atoms with E-state index in [1.807, 2.05) is 0 Å². The Labute approximate surface area is 114 Å². The van der Waals surface area contributed by atoms with Crippen LogP contribution in [0.3, 0.4) is 0 Å². The van der Waals surface area contributed by atoms with Gasteiger partial charge in [0, 0.05) is 18.7 Å². The molecule has 0 fully saturated rings. The summed E-state index contributed by atoms with van der Waals surface area (Å²) in [6.45, 7) is 1.22. The van der Waals surface area contributed by atoms with Gasteiger partial charge in [-0.2, -0.15) is 5.10 Å². The number of nitrogens with zero attached hydrogens (tertiary/aromatic N) is 3. The van der Waals surface area contributed by atoms with Crippen LogP contribution in [0.2, 0.25) is 0 Å². The number of amides is 1. The lowest BCUT2D eigenvalue weighted by Crippen LogP contribution is -2.14. The van der Waals surface area contributed by atoms with Gasteiger partial charge in [-0.1, -0.05) is 0 Å². The number of nitrogen functional groups attached to an aromatic ring is 1. The highest BCUT2D eigenvalue weighted by molar-refractivity contribution is 7.13. The average Bonchev–Trinajstić information content (AvgIpc) is 2.96. The van der Waals surface area contributed by atoms with Crippen LogP contribution < -0.4 is 11.1 Å². The number of thiazole rings is 1. The highest BCUT2D eigenvalue weighted by Crippen LogP contribution is 2.12. The third-order valence-corrected chi connectivity index (χ3v) is 3.08. The zero-order valence-electron chi connectivity index (χ0n) is 10.5. The smallest absolute Gasteiger partial charge is 0.230 e. The Kier molecular flexibility index (Phi) is 4.48. The van der Waals surface area contributed by atoms with Gasteiger partial charge in [0.15, 0.2) is 5.13 Å². The van der Waals surface area contributed by atoms with Crippen LogP contribution in [0.25, 0.3) is 0 Å². The maximum atomic E-state index is 11.8. The van der Waals surface area contributed by atoms with Crippen LogP contribution in [0.5, 0.6) is 0 Å². The number of methoxy groups -OCH3 is 1. The summed E-state index contributed by atoms with van der Waals surface area (Å²) in [5, 5.41) is 9.11. The van der Waals surface area contributed by atoms with Crippen molar-refractivity contribution in [3.8, 4) is 0 Å². The van der Waals surface area contributed by atoms with E-state index in [2.05, 4.69) is 15.4 Å². The molecule has 0 spiro atoms. The molecule has 19 heavy (non-hydrogen) atoms. The molecule has 0 unspecified atom stereocenters. The highest BCUT2D eigenvalue weighted by atomic mass is 32.1. The summed E-state index contributed by atoms with van der Waals surface area (Å²) >= 11 is 1.32. The Balaban J connectivity index is 1.86. The normalized spacial score (nSPS) is 10.6. The Morgan fingerprint density at radius 1 is 1.63 bits per heavy atom. The molecular weight excluding hydrogens is 266 g/mol. The SMILES string of the molecule is COCCn1cc(NC(=O)Cc2csc(N)n2)cn1. The van der Waals surface area contributed by atoms with Gasteiger partial charge < -0.3 is 15.8 Å². The van der Waals surface area contributed by atoms with E-state index in [0.717, 1.165) is 0 Å². The van der Waals surface area contributed by atoms with Gasteiger partial charge in [-0.3, -0.25) is 9.48 Å². The summed E-state index contributed by atoms with van der Waals surface area (Å²) in [6.07, 6.45) is 3.56. The fraction of sp³-hybridized carbons (Fsp3) is 0.364. The van der Waals surface area contributed by atoms with Crippen molar-refractivity contribution in [2.24, 2.45) is 0 Å². The molecule has 0 saturated carbocycles. The molecule has 2 aromatic heterocycles. The molecule has 0 radical (unpaired) electrons. The summed E-state index contributed by atoms with van der Waals surface area (Å²) in [6, 6.07) is 0. The zero-order chi connectivity index (χ0) is 13.7. The van der Waals surface area contributed by atoms with Crippen LogP contribution in [0.15, 0.2) is 17.8 Å². The Morgan fingerprint density at radius 3 is 3.16 bits per heavy atom. The van der Waals surface area contributed by atoms with E-state index in [-0.39, 0.29) is 12.3 Å². The number of nitrogens with two attached hydrogens (primary N) is 1. The maximum Gasteiger partial charge on any atom is 0.230 e. The van der Waals surface area contributed by atoms with Crippen molar-refractivity contribution in [2.75, 3.05) is 24.8 Å². The Morgan fingerprint density at radius 2 is 2.47 bits per heavy atom. The Hall–Kier alpha value is -1.93. The van der Waals surface area contributed by atoms with E-state index in [0.29, 0.717) is 29.7 Å². The molecule has 8 heteroatoms. The van der Waals surface area contributed by atoms with Crippen LogP contribution in [0, 0.1) is 0 Å². The molecule has 0 atom stereocenters. The first-order valence-corrected chi connectivity index (χ1v) is 6.56. The van der Waals surface area contributed by atoms with Crippen molar-refractivity contribution in [3.63, 3.8) is 0 Å². The number of aromatic nitrogens is 3. The molecule has 102 valence electrons. The van der Waals surface area contributed by atoms with Crippen LogP contribution in [-0.2, 0) is 22.5 Å². The number of rotatable bonds is 6. The fourth-order valence-electron chi connectivity index (χ4n) is 1.51. The van der Waals surface area contributed by atoms with Gasteiger partial charge in [0.1, 0.15) is 0 Å². The summed E-state index contributed by atoms with van der Waals surface area (Å²) in [5.41, 5.74) is 6.84. The lowest BCUT2D eigenvalue weighted by Gasteiger charge is -2.00. The number of carbonyl (C=O) groups excluding carboxylic acids is 1. The van der Waals surface area contributed by atoms with E-state index in [4.69, 9.17) is 10.5 Å². The van der Waals surface area contributed by atoms with Crippen molar-refractivity contribution in [2.45, 2.75) is 13.0 Å². The average molecular weight is 281 g/mol. The second kappa shape index (κ2) is 6.30. The second-order valence-corrected chi connectivity index (χ2v) is 4.78. The fourth-order valence-corrected chi connectivity index (χ4v) is 2.07. The minimum atomic E-state index is -0.142. The van der Waals surface area contributed by atoms with Crippen LogP contribution in [-0.4, -0.2) is 34.4 Å². The number of hydrogen-bond acceptors (Lipinski definition) is 6. The molecule has 0 bridgehead atoms. The van der Waals surface area contributed by atoms with Gasteiger partial charge in [0.05, 0.1) is 37.2 Å². The molecular formula is C11H15N5O2S. The first kappa shape index (κ1) is 13.5. The van der Waals surface area contributed by atoms with E-state index in [1.54, 1.807) is 29.6 Å².